The fourth-order valence-electron chi connectivity index (χ4n) is 2.43. The van der Waals surface area contributed by atoms with E-state index in [0.29, 0.717) is 24.1 Å². The van der Waals surface area contributed by atoms with Gasteiger partial charge in [0, 0.05) is 35.9 Å². The van der Waals surface area contributed by atoms with E-state index in [9.17, 15) is 0 Å². The molecule has 0 aliphatic rings. The largest absolute Gasteiger partial charge is 0.497 e. The third-order valence-electron chi connectivity index (χ3n) is 3.92. The zero-order valence-corrected chi connectivity index (χ0v) is 15.3. The minimum atomic E-state index is 0.217. The number of nitrogens with zero attached hydrogens (tertiary/aromatic N) is 3. The molecular formula is C19H22N4O3. The van der Waals surface area contributed by atoms with Gasteiger partial charge in [-0.2, -0.15) is 4.98 Å². The summed E-state index contributed by atoms with van der Waals surface area (Å²) in [5.41, 5.74) is 1.82. The van der Waals surface area contributed by atoms with Crippen molar-refractivity contribution in [3.05, 3.63) is 47.9 Å². The Balaban J connectivity index is 1.75. The minimum Gasteiger partial charge on any atom is -0.497 e. The number of nitrogens with one attached hydrogen (secondary N) is 1. The highest BCUT2D eigenvalue weighted by Gasteiger charge is 2.12. The van der Waals surface area contributed by atoms with Crippen LogP contribution in [0.2, 0.25) is 0 Å². The first-order valence-electron chi connectivity index (χ1n) is 8.35. The first-order valence-corrected chi connectivity index (χ1v) is 8.35. The highest BCUT2D eigenvalue weighted by Crippen LogP contribution is 2.26. The quantitative estimate of drug-likeness (QED) is 0.689. The molecule has 0 atom stereocenters. The molecule has 0 amide bonds. The molecule has 0 aliphatic carbocycles. The molecule has 2 aromatic heterocycles. The van der Waals surface area contributed by atoms with Crippen LogP contribution < -0.4 is 14.8 Å². The molecule has 1 N–H and O–H groups in total. The van der Waals surface area contributed by atoms with Gasteiger partial charge in [0.05, 0.1) is 14.2 Å². The summed E-state index contributed by atoms with van der Waals surface area (Å²) < 4.78 is 16.0. The topological polar surface area (TPSA) is 82.3 Å². The Morgan fingerprint density at radius 3 is 2.65 bits per heavy atom. The van der Waals surface area contributed by atoms with Gasteiger partial charge in [-0.1, -0.05) is 19.0 Å². The predicted molar refractivity (Wildman–Crippen MR) is 98.5 cm³/mol. The third kappa shape index (κ3) is 3.93. The number of hydrogen-bond acceptors (Lipinski definition) is 7. The van der Waals surface area contributed by atoms with Crippen molar-refractivity contribution in [3.63, 3.8) is 0 Å². The van der Waals surface area contributed by atoms with Gasteiger partial charge in [-0.25, -0.2) is 4.98 Å². The van der Waals surface area contributed by atoms with Crippen molar-refractivity contribution in [2.75, 3.05) is 19.5 Å². The minimum absolute atomic E-state index is 0.217. The van der Waals surface area contributed by atoms with Crippen molar-refractivity contribution in [1.82, 2.24) is 15.1 Å². The van der Waals surface area contributed by atoms with E-state index in [4.69, 9.17) is 14.0 Å². The first kappa shape index (κ1) is 17.7. The third-order valence-corrected chi connectivity index (χ3v) is 3.92. The van der Waals surface area contributed by atoms with E-state index in [2.05, 4.69) is 20.4 Å². The van der Waals surface area contributed by atoms with E-state index in [-0.39, 0.29) is 5.92 Å². The molecule has 0 saturated carbocycles. The van der Waals surface area contributed by atoms with Crippen LogP contribution in [0.15, 0.2) is 41.1 Å². The number of pyridine rings is 1. The zero-order chi connectivity index (χ0) is 18.5. The van der Waals surface area contributed by atoms with Gasteiger partial charge in [-0.05, 0) is 24.3 Å². The monoisotopic (exact) mass is 354 g/mol. The Hall–Kier alpha value is -3.09. The summed E-state index contributed by atoms with van der Waals surface area (Å²) in [7, 11) is 3.27. The average Bonchev–Trinajstić information content (AvgIpc) is 3.17. The van der Waals surface area contributed by atoms with Crippen LogP contribution in [0.1, 0.15) is 31.2 Å². The Morgan fingerprint density at radius 1 is 1.12 bits per heavy atom. The Bertz CT molecular complexity index is 877. The fourth-order valence-corrected chi connectivity index (χ4v) is 2.43. The maximum atomic E-state index is 5.42. The van der Waals surface area contributed by atoms with E-state index in [1.807, 2.05) is 44.2 Å². The van der Waals surface area contributed by atoms with E-state index in [1.165, 1.54) is 0 Å². The molecule has 0 spiro atoms. The van der Waals surface area contributed by atoms with E-state index in [1.54, 1.807) is 20.4 Å². The number of anilines is 1. The summed E-state index contributed by atoms with van der Waals surface area (Å²) in [5, 5.41) is 7.29. The maximum Gasteiger partial charge on any atom is 0.258 e. The molecule has 136 valence electrons. The smallest absolute Gasteiger partial charge is 0.258 e. The van der Waals surface area contributed by atoms with Gasteiger partial charge >= 0.3 is 0 Å². The summed E-state index contributed by atoms with van der Waals surface area (Å²) in [5.74, 6) is 3.61. The number of aromatic nitrogens is 3. The molecule has 7 nitrogen and oxygen atoms in total. The van der Waals surface area contributed by atoms with Gasteiger partial charge in [0.2, 0.25) is 0 Å². The van der Waals surface area contributed by atoms with Crippen LogP contribution >= 0.6 is 0 Å². The molecule has 2 heterocycles. The summed E-state index contributed by atoms with van der Waals surface area (Å²) in [4.78, 5) is 8.76. The molecule has 0 bridgehead atoms. The van der Waals surface area contributed by atoms with Crippen molar-refractivity contribution in [3.8, 4) is 23.0 Å². The lowest BCUT2D eigenvalue weighted by Crippen LogP contribution is -2.03. The van der Waals surface area contributed by atoms with Crippen LogP contribution in [-0.2, 0) is 6.54 Å². The Morgan fingerprint density at radius 2 is 1.96 bits per heavy atom. The molecule has 3 rings (SSSR count). The molecular weight excluding hydrogens is 332 g/mol. The summed E-state index contributed by atoms with van der Waals surface area (Å²) >= 11 is 0. The highest BCUT2D eigenvalue weighted by atomic mass is 16.5. The average molecular weight is 354 g/mol. The van der Waals surface area contributed by atoms with Crippen LogP contribution in [0.25, 0.3) is 11.5 Å². The second kappa shape index (κ2) is 7.86. The van der Waals surface area contributed by atoms with Crippen LogP contribution in [0.5, 0.6) is 11.5 Å². The Labute approximate surface area is 152 Å². The van der Waals surface area contributed by atoms with E-state index >= 15 is 0 Å². The van der Waals surface area contributed by atoms with E-state index in [0.717, 1.165) is 22.6 Å². The molecule has 0 saturated heterocycles. The van der Waals surface area contributed by atoms with Gasteiger partial charge in [0.25, 0.3) is 5.89 Å². The second-order valence-electron chi connectivity index (χ2n) is 6.07. The van der Waals surface area contributed by atoms with Gasteiger partial charge in [-0.3, -0.25) is 0 Å². The summed E-state index contributed by atoms with van der Waals surface area (Å²) in [6.07, 6.45) is 1.71. The maximum absolute atomic E-state index is 5.42. The number of hydrogen-bond donors (Lipinski definition) is 1. The summed E-state index contributed by atoms with van der Waals surface area (Å²) in [6.45, 7) is 4.61. The molecule has 0 unspecified atom stereocenters. The first-order chi connectivity index (χ1) is 12.6. The standard InChI is InChI=1S/C19H22N4O3/c1-12(2)18-22-19(26-23-18)13-7-8-20-17(9-13)21-11-14-5-6-15(24-3)10-16(14)25-4/h5-10,12H,11H2,1-4H3,(H,20,21). The molecule has 3 aromatic rings. The van der Waals surface area contributed by atoms with Crippen molar-refractivity contribution in [1.29, 1.82) is 0 Å². The van der Waals surface area contributed by atoms with Crippen LogP contribution in [0, 0.1) is 0 Å². The highest BCUT2D eigenvalue weighted by molar-refractivity contribution is 5.58. The Kier molecular flexibility index (Phi) is 5.36. The van der Waals surface area contributed by atoms with Crippen LogP contribution in [-0.4, -0.2) is 29.3 Å². The van der Waals surface area contributed by atoms with E-state index < -0.39 is 0 Å². The number of rotatable bonds is 7. The van der Waals surface area contributed by atoms with Crippen LogP contribution in [0.4, 0.5) is 5.82 Å². The molecule has 26 heavy (non-hydrogen) atoms. The zero-order valence-electron chi connectivity index (χ0n) is 15.3. The lowest BCUT2D eigenvalue weighted by molar-refractivity contribution is 0.391. The summed E-state index contributed by atoms with van der Waals surface area (Å²) in [6, 6.07) is 9.44. The molecule has 7 heteroatoms. The number of benzene rings is 1. The van der Waals surface area contributed by atoms with Crippen molar-refractivity contribution < 1.29 is 14.0 Å². The van der Waals surface area contributed by atoms with Gasteiger partial charge in [-0.15, -0.1) is 0 Å². The SMILES string of the molecule is COc1ccc(CNc2cc(-c3nc(C(C)C)no3)ccn2)c(OC)c1. The predicted octanol–water partition coefficient (Wildman–Crippen LogP) is 3.88. The second-order valence-corrected chi connectivity index (χ2v) is 6.07. The van der Waals surface area contributed by atoms with Gasteiger partial charge in [0.1, 0.15) is 17.3 Å². The van der Waals surface area contributed by atoms with Gasteiger partial charge < -0.3 is 19.3 Å². The molecule has 1 aromatic carbocycles. The molecule has 0 fully saturated rings. The van der Waals surface area contributed by atoms with Crippen molar-refractivity contribution >= 4 is 5.82 Å². The number of methoxy groups -OCH3 is 2. The van der Waals surface area contributed by atoms with Crippen molar-refractivity contribution in [2.24, 2.45) is 0 Å². The normalized spacial score (nSPS) is 10.8. The number of ether oxygens (including phenoxy) is 2. The van der Waals surface area contributed by atoms with Crippen LogP contribution in [0.3, 0.4) is 0 Å². The lowest BCUT2D eigenvalue weighted by atomic mass is 10.2. The molecule has 0 aliphatic heterocycles. The molecule has 0 radical (unpaired) electrons. The fraction of sp³-hybridized carbons (Fsp3) is 0.316. The van der Waals surface area contributed by atoms with Crippen molar-refractivity contribution in [2.45, 2.75) is 26.3 Å². The van der Waals surface area contributed by atoms with Gasteiger partial charge in [0.15, 0.2) is 5.82 Å². The lowest BCUT2D eigenvalue weighted by Gasteiger charge is -2.11.